The van der Waals surface area contributed by atoms with Crippen LogP contribution < -0.4 is 5.32 Å². The molecule has 0 aliphatic rings. The summed E-state index contributed by atoms with van der Waals surface area (Å²) in [4.78, 5) is 4.63. The minimum Gasteiger partial charge on any atom is -0.387 e. The standard InChI is InChI=1S/C14H17ClN2/c1-5-10-9(3)17-13-7-12(15)8(2)6-11(13)14(10)16-4/h6-7H,5H2,1-4H3,(H,16,17). The Hall–Kier alpha value is -1.28. The smallest absolute Gasteiger partial charge is 0.0741 e. The molecule has 1 heterocycles. The number of anilines is 1. The number of nitrogens with one attached hydrogen (secondary N) is 1. The lowest BCUT2D eigenvalue weighted by Gasteiger charge is -2.14. The van der Waals surface area contributed by atoms with Crippen molar-refractivity contribution in [1.82, 2.24) is 4.98 Å². The second kappa shape index (κ2) is 4.53. The van der Waals surface area contributed by atoms with Gasteiger partial charge in [-0.2, -0.15) is 0 Å². The molecule has 17 heavy (non-hydrogen) atoms. The fourth-order valence-corrected chi connectivity index (χ4v) is 2.43. The van der Waals surface area contributed by atoms with Gasteiger partial charge in [0, 0.05) is 28.8 Å². The van der Waals surface area contributed by atoms with Crippen LogP contribution in [-0.4, -0.2) is 12.0 Å². The number of pyridine rings is 1. The maximum Gasteiger partial charge on any atom is 0.0741 e. The number of hydrogen-bond donors (Lipinski definition) is 1. The van der Waals surface area contributed by atoms with E-state index in [9.17, 15) is 0 Å². The molecule has 0 saturated heterocycles. The first kappa shape index (κ1) is 12.2. The van der Waals surface area contributed by atoms with Gasteiger partial charge >= 0.3 is 0 Å². The number of rotatable bonds is 2. The monoisotopic (exact) mass is 248 g/mol. The molecule has 0 fully saturated rings. The molecule has 0 saturated carbocycles. The van der Waals surface area contributed by atoms with E-state index in [2.05, 4.69) is 23.3 Å². The van der Waals surface area contributed by atoms with Gasteiger partial charge < -0.3 is 5.32 Å². The van der Waals surface area contributed by atoms with Crippen LogP contribution in [0.3, 0.4) is 0 Å². The molecule has 1 aromatic heterocycles. The maximum absolute atomic E-state index is 6.15. The minimum atomic E-state index is 0.774. The molecule has 1 aromatic carbocycles. The highest BCUT2D eigenvalue weighted by atomic mass is 35.5. The van der Waals surface area contributed by atoms with Gasteiger partial charge in [-0.05, 0) is 43.5 Å². The summed E-state index contributed by atoms with van der Waals surface area (Å²) in [7, 11) is 1.96. The van der Waals surface area contributed by atoms with Crippen LogP contribution in [0.4, 0.5) is 5.69 Å². The van der Waals surface area contributed by atoms with Gasteiger partial charge in [-0.3, -0.25) is 4.98 Å². The zero-order chi connectivity index (χ0) is 12.6. The Balaban J connectivity index is 2.89. The molecule has 2 aromatic rings. The van der Waals surface area contributed by atoms with Gasteiger partial charge in [0.1, 0.15) is 0 Å². The van der Waals surface area contributed by atoms with E-state index in [1.165, 1.54) is 11.3 Å². The van der Waals surface area contributed by atoms with Crippen molar-refractivity contribution >= 4 is 28.2 Å². The van der Waals surface area contributed by atoms with Crippen molar-refractivity contribution in [3.05, 3.63) is 34.0 Å². The number of fused-ring (bicyclic) bond motifs is 1. The topological polar surface area (TPSA) is 24.9 Å². The van der Waals surface area contributed by atoms with Crippen molar-refractivity contribution in [3.63, 3.8) is 0 Å². The molecule has 0 amide bonds. The molecule has 0 bridgehead atoms. The molecule has 1 N–H and O–H groups in total. The van der Waals surface area contributed by atoms with E-state index in [0.717, 1.165) is 33.6 Å². The number of aryl methyl sites for hydroxylation is 2. The van der Waals surface area contributed by atoms with Crippen molar-refractivity contribution < 1.29 is 0 Å². The summed E-state index contributed by atoms with van der Waals surface area (Å²) in [6.07, 6.45) is 0.979. The Morgan fingerprint density at radius 1 is 1.29 bits per heavy atom. The molecule has 0 spiro atoms. The second-order valence-corrected chi connectivity index (χ2v) is 4.68. The molecule has 2 rings (SSSR count). The Kier molecular flexibility index (Phi) is 3.25. The number of nitrogens with zero attached hydrogens (tertiary/aromatic N) is 1. The predicted molar refractivity (Wildman–Crippen MR) is 75.2 cm³/mol. The fraction of sp³-hybridized carbons (Fsp3) is 0.357. The third-order valence-corrected chi connectivity index (χ3v) is 3.58. The molecular weight excluding hydrogens is 232 g/mol. The highest BCUT2D eigenvalue weighted by molar-refractivity contribution is 6.32. The van der Waals surface area contributed by atoms with E-state index in [1.807, 2.05) is 27.0 Å². The van der Waals surface area contributed by atoms with Gasteiger partial charge in [0.15, 0.2) is 0 Å². The van der Waals surface area contributed by atoms with E-state index >= 15 is 0 Å². The first-order chi connectivity index (χ1) is 8.08. The third-order valence-electron chi connectivity index (χ3n) is 3.18. The molecule has 2 nitrogen and oxygen atoms in total. The van der Waals surface area contributed by atoms with Crippen LogP contribution >= 0.6 is 11.6 Å². The Bertz CT molecular complexity index is 576. The maximum atomic E-state index is 6.15. The minimum absolute atomic E-state index is 0.774. The van der Waals surface area contributed by atoms with Crippen LogP contribution in [0.2, 0.25) is 5.02 Å². The van der Waals surface area contributed by atoms with Gasteiger partial charge in [0.05, 0.1) is 5.52 Å². The number of hydrogen-bond acceptors (Lipinski definition) is 2. The Morgan fingerprint density at radius 2 is 2.00 bits per heavy atom. The first-order valence-electron chi connectivity index (χ1n) is 5.85. The number of aromatic nitrogens is 1. The van der Waals surface area contributed by atoms with Crippen LogP contribution in [0, 0.1) is 13.8 Å². The van der Waals surface area contributed by atoms with Gasteiger partial charge in [-0.15, -0.1) is 0 Å². The fourth-order valence-electron chi connectivity index (χ4n) is 2.27. The van der Waals surface area contributed by atoms with Crippen molar-refractivity contribution in [2.45, 2.75) is 27.2 Å². The van der Waals surface area contributed by atoms with Gasteiger partial charge in [-0.25, -0.2) is 0 Å². The van der Waals surface area contributed by atoms with E-state index < -0.39 is 0 Å². The van der Waals surface area contributed by atoms with Gasteiger partial charge in [0.25, 0.3) is 0 Å². The molecule has 0 unspecified atom stereocenters. The highest BCUT2D eigenvalue weighted by Gasteiger charge is 2.11. The highest BCUT2D eigenvalue weighted by Crippen LogP contribution is 2.31. The summed E-state index contributed by atoms with van der Waals surface area (Å²) >= 11 is 6.15. The molecule has 0 atom stereocenters. The van der Waals surface area contributed by atoms with Crippen molar-refractivity contribution in [1.29, 1.82) is 0 Å². The Labute approximate surface area is 107 Å². The van der Waals surface area contributed by atoms with Gasteiger partial charge in [0.2, 0.25) is 0 Å². The molecular formula is C14H17ClN2. The Morgan fingerprint density at radius 3 is 2.59 bits per heavy atom. The molecule has 0 aliphatic carbocycles. The number of halogens is 1. The molecule has 0 radical (unpaired) electrons. The summed E-state index contributed by atoms with van der Waals surface area (Å²) in [5.41, 5.74) is 5.57. The largest absolute Gasteiger partial charge is 0.387 e. The summed E-state index contributed by atoms with van der Waals surface area (Å²) in [5, 5.41) is 5.22. The molecule has 90 valence electrons. The second-order valence-electron chi connectivity index (χ2n) is 4.27. The van der Waals surface area contributed by atoms with Gasteiger partial charge in [-0.1, -0.05) is 18.5 Å². The van der Waals surface area contributed by atoms with E-state index in [4.69, 9.17) is 11.6 Å². The summed E-state index contributed by atoms with van der Waals surface area (Å²) < 4.78 is 0. The normalized spacial score (nSPS) is 10.9. The first-order valence-corrected chi connectivity index (χ1v) is 6.23. The quantitative estimate of drug-likeness (QED) is 0.865. The van der Waals surface area contributed by atoms with Crippen molar-refractivity contribution in [3.8, 4) is 0 Å². The zero-order valence-electron chi connectivity index (χ0n) is 10.7. The third kappa shape index (κ3) is 1.98. The van der Waals surface area contributed by atoms with Crippen LogP contribution in [0.1, 0.15) is 23.7 Å². The zero-order valence-corrected chi connectivity index (χ0v) is 11.4. The summed E-state index contributed by atoms with van der Waals surface area (Å²) in [6.45, 7) is 6.22. The SMILES string of the molecule is CCc1c(C)nc2cc(Cl)c(C)cc2c1NC. The van der Waals surface area contributed by atoms with Crippen LogP contribution in [0.5, 0.6) is 0 Å². The van der Waals surface area contributed by atoms with Crippen molar-refractivity contribution in [2.24, 2.45) is 0 Å². The average Bonchev–Trinajstić information content (AvgIpc) is 2.30. The number of benzene rings is 1. The molecule has 3 heteroatoms. The van der Waals surface area contributed by atoms with E-state index in [1.54, 1.807) is 0 Å². The summed E-state index contributed by atoms with van der Waals surface area (Å²) in [5.74, 6) is 0. The molecule has 0 aliphatic heterocycles. The lowest BCUT2D eigenvalue weighted by molar-refractivity contribution is 1.07. The van der Waals surface area contributed by atoms with Crippen LogP contribution in [0.25, 0.3) is 10.9 Å². The summed E-state index contributed by atoms with van der Waals surface area (Å²) in [6, 6.07) is 4.05. The van der Waals surface area contributed by atoms with Crippen LogP contribution in [0.15, 0.2) is 12.1 Å². The van der Waals surface area contributed by atoms with Crippen LogP contribution in [-0.2, 0) is 6.42 Å². The van der Waals surface area contributed by atoms with Crippen molar-refractivity contribution in [2.75, 3.05) is 12.4 Å². The predicted octanol–water partition coefficient (Wildman–Crippen LogP) is 4.11. The lowest BCUT2D eigenvalue weighted by atomic mass is 10.0. The lowest BCUT2D eigenvalue weighted by Crippen LogP contribution is -2.01. The van der Waals surface area contributed by atoms with E-state index in [-0.39, 0.29) is 0 Å². The van der Waals surface area contributed by atoms with E-state index in [0.29, 0.717) is 0 Å². The average molecular weight is 249 g/mol.